The molecule has 1 unspecified atom stereocenters. The van der Waals surface area contributed by atoms with Crippen LogP contribution in [0.4, 0.5) is 0 Å². The van der Waals surface area contributed by atoms with Crippen LogP contribution in [0.3, 0.4) is 0 Å². The Morgan fingerprint density at radius 3 is 2.00 bits per heavy atom. The number of fused-ring (bicyclic) bond motifs is 1. The number of benzene rings is 3. The van der Waals surface area contributed by atoms with Crippen LogP contribution in [0.25, 0.3) is 10.9 Å². The van der Waals surface area contributed by atoms with Crippen LogP contribution >= 0.6 is 0 Å². The van der Waals surface area contributed by atoms with Crippen molar-refractivity contribution in [2.24, 2.45) is 0 Å². The van der Waals surface area contributed by atoms with E-state index in [-0.39, 0.29) is 4.90 Å². The molecule has 0 fully saturated rings. The molecule has 0 saturated carbocycles. The number of aromatic amines is 1. The number of sulfonamides is 1. The molecule has 0 spiro atoms. The average Bonchev–Trinajstić information content (AvgIpc) is 3.21. The monoisotopic (exact) mass is 534 g/mol. The number of carbonyl (C=O) groups excluding carboxylic acids is 2. The summed E-state index contributed by atoms with van der Waals surface area (Å²) < 4.78 is 39.4. The second-order valence-corrected chi connectivity index (χ2v) is 10.9. The zero-order valence-corrected chi connectivity index (χ0v) is 22.7. The Hall–Kier alpha value is -3.95. The van der Waals surface area contributed by atoms with E-state index in [1.165, 1.54) is 12.1 Å². The number of carbonyl (C=O) groups is 2. The molecule has 8 nitrogen and oxygen atoms in total. The van der Waals surface area contributed by atoms with Gasteiger partial charge in [0.15, 0.2) is 0 Å². The van der Waals surface area contributed by atoms with E-state index in [2.05, 4.69) is 4.98 Å². The van der Waals surface area contributed by atoms with Crippen molar-refractivity contribution >= 4 is 32.9 Å². The second kappa shape index (κ2) is 10.8. The number of aromatic nitrogens is 1. The summed E-state index contributed by atoms with van der Waals surface area (Å²) in [5, 5.41) is 0.989. The van der Waals surface area contributed by atoms with Gasteiger partial charge in [0.25, 0.3) is 0 Å². The maximum atomic E-state index is 14.3. The molecule has 198 valence electrons. The summed E-state index contributed by atoms with van der Waals surface area (Å²) in [6, 6.07) is 17.7. The molecule has 0 amide bonds. The van der Waals surface area contributed by atoms with Crippen molar-refractivity contribution in [3.05, 3.63) is 101 Å². The van der Waals surface area contributed by atoms with Crippen LogP contribution in [0, 0.1) is 20.8 Å². The molecular formula is C29H30N2O6S. The van der Waals surface area contributed by atoms with Crippen molar-refractivity contribution in [1.82, 2.24) is 9.29 Å². The van der Waals surface area contributed by atoms with Crippen molar-refractivity contribution in [2.45, 2.75) is 37.8 Å². The molecule has 4 aromatic rings. The van der Waals surface area contributed by atoms with Crippen LogP contribution in [0.1, 0.15) is 34.0 Å². The van der Waals surface area contributed by atoms with Crippen LogP contribution in [0.15, 0.2) is 77.7 Å². The van der Waals surface area contributed by atoms with E-state index in [1.54, 1.807) is 42.5 Å². The lowest BCUT2D eigenvalue weighted by molar-refractivity contribution is -0.158. The number of aryl methyl sites for hydroxylation is 3. The zero-order valence-electron chi connectivity index (χ0n) is 21.9. The molecule has 1 N–H and O–H groups in total. The molecule has 0 radical (unpaired) electrons. The Bertz CT molecular complexity index is 1560. The number of ether oxygens (including phenoxy) is 2. The van der Waals surface area contributed by atoms with Gasteiger partial charge in [0, 0.05) is 16.6 Å². The lowest BCUT2D eigenvalue weighted by atomic mass is 9.96. The van der Waals surface area contributed by atoms with Crippen molar-refractivity contribution < 1.29 is 27.5 Å². The summed E-state index contributed by atoms with van der Waals surface area (Å²) in [6.07, 6.45) is 0. The summed E-state index contributed by atoms with van der Waals surface area (Å²) in [4.78, 5) is 29.4. The minimum Gasteiger partial charge on any atom is -0.467 e. The summed E-state index contributed by atoms with van der Waals surface area (Å²) in [7, 11) is -2.26. The lowest BCUT2D eigenvalue weighted by Gasteiger charge is -2.35. The number of methoxy groups -OCH3 is 2. The normalized spacial score (nSPS) is 12.6. The van der Waals surface area contributed by atoms with Crippen molar-refractivity contribution in [2.75, 3.05) is 14.2 Å². The summed E-state index contributed by atoms with van der Waals surface area (Å²) >= 11 is 0. The minimum absolute atomic E-state index is 0.0746. The first-order chi connectivity index (χ1) is 18.1. The van der Waals surface area contributed by atoms with E-state index < -0.39 is 34.0 Å². The molecule has 1 heterocycles. The molecule has 4 rings (SSSR count). The van der Waals surface area contributed by atoms with Gasteiger partial charge in [-0.05, 0) is 55.7 Å². The lowest BCUT2D eigenvalue weighted by Crippen LogP contribution is -2.52. The van der Waals surface area contributed by atoms with E-state index in [4.69, 9.17) is 9.47 Å². The SMILES string of the molecule is COC(=O)C(C(=O)OC)N(C(c1ccccc1)c1ccc2c(C)c(C)[nH]c2c1)S(=O)(=O)c1ccc(C)cc1. The smallest absolute Gasteiger partial charge is 0.335 e. The first kappa shape index (κ1) is 27.1. The molecule has 3 aromatic carbocycles. The largest absolute Gasteiger partial charge is 0.467 e. The molecular weight excluding hydrogens is 504 g/mol. The van der Waals surface area contributed by atoms with Crippen LogP contribution in [0.2, 0.25) is 0 Å². The molecule has 0 aliphatic rings. The van der Waals surface area contributed by atoms with Gasteiger partial charge in [-0.1, -0.05) is 60.2 Å². The zero-order chi connectivity index (χ0) is 27.6. The second-order valence-electron chi connectivity index (χ2n) is 9.09. The van der Waals surface area contributed by atoms with Gasteiger partial charge >= 0.3 is 11.9 Å². The number of nitrogens with zero attached hydrogens (tertiary/aromatic N) is 1. The number of esters is 2. The van der Waals surface area contributed by atoms with Crippen molar-refractivity contribution in [3.8, 4) is 0 Å². The van der Waals surface area contributed by atoms with Gasteiger partial charge in [0.1, 0.15) is 0 Å². The molecule has 0 aliphatic carbocycles. The highest BCUT2D eigenvalue weighted by Crippen LogP contribution is 2.37. The summed E-state index contributed by atoms with van der Waals surface area (Å²) in [5.41, 5.74) is 4.83. The van der Waals surface area contributed by atoms with E-state index in [0.29, 0.717) is 11.1 Å². The maximum Gasteiger partial charge on any atom is 0.335 e. The fraction of sp³-hybridized carbons (Fsp3) is 0.241. The third-order valence-corrected chi connectivity index (χ3v) is 8.56. The molecule has 0 aliphatic heterocycles. The van der Waals surface area contributed by atoms with Crippen LogP contribution < -0.4 is 0 Å². The third kappa shape index (κ3) is 4.94. The van der Waals surface area contributed by atoms with Crippen molar-refractivity contribution in [3.63, 3.8) is 0 Å². The Morgan fingerprint density at radius 2 is 1.42 bits per heavy atom. The van der Waals surface area contributed by atoms with Gasteiger partial charge in [-0.25, -0.2) is 18.0 Å². The first-order valence-corrected chi connectivity index (χ1v) is 13.4. The number of hydrogen-bond donors (Lipinski definition) is 1. The van der Waals surface area contributed by atoms with Crippen LogP contribution in [-0.4, -0.2) is 49.9 Å². The van der Waals surface area contributed by atoms with Crippen LogP contribution in [-0.2, 0) is 29.1 Å². The maximum absolute atomic E-state index is 14.3. The predicted molar refractivity (Wildman–Crippen MR) is 144 cm³/mol. The quantitative estimate of drug-likeness (QED) is 0.262. The highest BCUT2D eigenvalue weighted by Gasteiger charge is 2.47. The number of hydrogen-bond acceptors (Lipinski definition) is 6. The van der Waals surface area contributed by atoms with E-state index in [1.807, 2.05) is 39.0 Å². The first-order valence-electron chi connectivity index (χ1n) is 12.0. The number of H-pyrrole nitrogens is 1. The topological polar surface area (TPSA) is 106 Å². The summed E-state index contributed by atoms with van der Waals surface area (Å²) in [6.45, 7) is 5.80. The predicted octanol–water partition coefficient (Wildman–Crippen LogP) is 4.59. The molecule has 0 bridgehead atoms. The van der Waals surface area contributed by atoms with Crippen molar-refractivity contribution in [1.29, 1.82) is 0 Å². The standard InChI is InChI=1S/C29H30N2O6S/c1-18-11-14-23(15-12-18)38(34,35)31(27(28(32)36-4)29(33)37-5)26(21-9-7-6-8-10-21)22-13-16-24-19(2)20(3)30-25(24)17-22/h6-17,26-27,30H,1-5H3. The van der Waals surface area contributed by atoms with Gasteiger partial charge in [0.05, 0.1) is 25.2 Å². The van der Waals surface area contributed by atoms with Gasteiger partial charge in [-0.2, -0.15) is 4.31 Å². The fourth-order valence-corrected chi connectivity index (χ4v) is 6.26. The molecule has 1 atom stereocenters. The number of nitrogens with one attached hydrogen (secondary N) is 1. The van der Waals surface area contributed by atoms with Gasteiger partial charge < -0.3 is 14.5 Å². The van der Waals surface area contributed by atoms with E-state index >= 15 is 0 Å². The van der Waals surface area contributed by atoms with E-state index in [0.717, 1.165) is 46.2 Å². The molecule has 0 saturated heterocycles. The summed E-state index contributed by atoms with van der Waals surface area (Å²) in [5.74, 6) is -2.11. The minimum atomic E-state index is -4.46. The average molecular weight is 535 g/mol. The van der Waals surface area contributed by atoms with Crippen LogP contribution in [0.5, 0.6) is 0 Å². The Labute approximate surface area is 222 Å². The Morgan fingerprint density at radius 1 is 0.816 bits per heavy atom. The molecule has 9 heteroatoms. The molecule has 1 aromatic heterocycles. The molecule has 38 heavy (non-hydrogen) atoms. The highest BCUT2D eigenvalue weighted by atomic mass is 32.2. The Kier molecular flexibility index (Phi) is 7.71. The fourth-order valence-electron chi connectivity index (χ4n) is 4.57. The van der Waals surface area contributed by atoms with E-state index in [9.17, 15) is 18.0 Å². The van der Waals surface area contributed by atoms with Gasteiger partial charge in [-0.3, -0.25) is 0 Å². The highest BCUT2D eigenvalue weighted by molar-refractivity contribution is 7.89. The number of rotatable bonds is 8. The Balaban J connectivity index is 2.06. The van der Waals surface area contributed by atoms with Gasteiger partial charge in [-0.15, -0.1) is 0 Å². The third-order valence-electron chi connectivity index (χ3n) is 6.72. The van der Waals surface area contributed by atoms with Gasteiger partial charge in [0.2, 0.25) is 16.1 Å².